The first-order valence-electron chi connectivity index (χ1n) is 3.58. The zero-order chi connectivity index (χ0) is 9.14. The highest BCUT2D eigenvalue weighted by molar-refractivity contribution is 9.10. The lowest BCUT2D eigenvalue weighted by Gasteiger charge is -2.14. The maximum Gasteiger partial charge on any atom is 0.0531 e. The summed E-state index contributed by atoms with van der Waals surface area (Å²) in [5.74, 6) is 2.64. The van der Waals surface area contributed by atoms with Gasteiger partial charge in [0.15, 0.2) is 0 Å². The molecule has 0 aliphatic rings. The van der Waals surface area contributed by atoms with Crippen molar-refractivity contribution < 1.29 is 0 Å². The normalized spacial score (nSPS) is 9.17. The van der Waals surface area contributed by atoms with Gasteiger partial charge in [0.2, 0.25) is 0 Å². The van der Waals surface area contributed by atoms with Crippen molar-refractivity contribution >= 4 is 21.6 Å². The van der Waals surface area contributed by atoms with Gasteiger partial charge >= 0.3 is 0 Å². The van der Waals surface area contributed by atoms with E-state index in [1.54, 1.807) is 0 Å². The van der Waals surface area contributed by atoms with Crippen molar-refractivity contribution in [3.63, 3.8) is 0 Å². The number of rotatable bonds is 1. The van der Waals surface area contributed by atoms with Gasteiger partial charge in [-0.2, -0.15) is 0 Å². The molecule has 1 aromatic rings. The van der Waals surface area contributed by atoms with E-state index < -0.39 is 0 Å². The highest BCUT2D eigenvalue weighted by atomic mass is 79.9. The molecular weight excluding hydrogens is 214 g/mol. The molecule has 0 N–H and O–H groups in total. The van der Waals surface area contributed by atoms with Gasteiger partial charge in [-0.25, -0.2) is 0 Å². The number of hydrogen-bond acceptors (Lipinski definition) is 1. The molecule has 0 bridgehead atoms. The van der Waals surface area contributed by atoms with E-state index in [4.69, 9.17) is 6.42 Å². The maximum atomic E-state index is 5.35. The lowest BCUT2D eigenvalue weighted by Crippen LogP contribution is -2.10. The first-order valence-corrected chi connectivity index (χ1v) is 4.38. The quantitative estimate of drug-likeness (QED) is 0.662. The lowest BCUT2D eigenvalue weighted by molar-refractivity contribution is 1.12. The molecule has 0 radical (unpaired) electrons. The monoisotopic (exact) mass is 223 g/mol. The second kappa shape index (κ2) is 3.64. The van der Waals surface area contributed by atoms with Crippen molar-refractivity contribution in [1.29, 1.82) is 0 Å². The van der Waals surface area contributed by atoms with Crippen LogP contribution in [0.2, 0.25) is 0 Å². The summed E-state index contributed by atoms with van der Waals surface area (Å²) in [5, 5.41) is 0. The summed E-state index contributed by atoms with van der Waals surface area (Å²) in [5.41, 5.74) is 1.98. The van der Waals surface area contributed by atoms with E-state index in [1.165, 1.54) is 0 Å². The summed E-state index contributed by atoms with van der Waals surface area (Å²) in [6.07, 6.45) is 5.35. The molecular formula is C10H10BrN. The van der Waals surface area contributed by atoms with Gasteiger partial charge in [0.25, 0.3) is 0 Å². The van der Waals surface area contributed by atoms with Gasteiger partial charge in [0.05, 0.1) is 5.69 Å². The summed E-state index contributed by atoms with van der Waals surface area (Å²) in [6.45, 7) is 0. The molecule has 1 rings (SSSR count). The predicted molar refractivity (Wildman–Crippen MR) is 56.4 cm³/mol. The molecule has 0 aromatic heterocycles. The van der Waals surface area contributed by atoms with Gasteiger partial charge < -0.3 is 4.90 Å². The molecule has 0 aliphatic heterocycles. The number of nitrogens with zero attached hydrogens (tertiary/aromatic N) is 1. The third kappa shape index (κ3) is 1.80. The van der Waals surface area contributed by atoms with Crippen molar-refractivity contribution in [1.82, 2.24) is 0 Å². The summed E-state index contributed by atoms with van der Waals surface area (Å²) in [7, 11) is 3.95. The standard InChI is InChI=1S/C10H10BrN/c1-4-8-5-6-9(11)7-10(8)12(2)3/h1,5-7H,2-3H3. The van der Waals surface area contributed by atoms with Crippen molar-refractivity contribution in [3.8, 4) is 12.3 Å². The average Bonchev–Trinajstić information content (AvgIpc) is 2.04. The van der Waals surface area contributed by atoms with Crippen LogP contribution in [0.25, 0.3) is 0 Å². The van der Waals surface area contributed by atoms with Crippen LogP contribution in [0.4, 0.5) is 5.69 Å². The van der Waals surface area contributed by atoms with Gasteiger partial charge in [-0.3, -0.25) is 0 Å². The Kier molecular flexibility index (Phi) is 2.78. The number of halogens is 1. The van der Waals surface area contributed by atoms with Crippen LogP contribution in [-0.4, -0.2) is 14.1 Å². The first kappa shape index (κ1) is 9.15. The molecule has 0 fully saturated rings. The fourth-order valence-electron chi connectivity index (χ4n) is 0.997. The Labute approximate surface area is 81.5 Å². The molecule has 1 nitrogen and oxygen atoms in total. The minimum atomic E-state index is 0.920. The van der Waals surface area contributed by atoms with Gasteiger partial charge in [-0.05, 0) is 18.2 Å². The van der Waals surface area contributed by atoms with E-state index in [-0.39, 0.29) is 0 Å². The zero-order valence-corrected chi connectivity index (χ0v) is 8.72. The highest BCUT2D eigenvalue weighted by Gasteiger charge is 2.01. The van der Waals surface area contributed by atoms with Gasteiger partial charge in [0.1, 0.15) is 0 Å². The van der Waals surface area contributed by atoms with E-state index in [0.29, 0.717) is 0 Å². The van der Waals surface area contributed by atoms with Gasteiger partial charge in [-0.15, -0.1) is 6.42 Å². The molecule has 0 amide bonds. The lowest BCUT2D eigenvalue weighted by atomic mass is 10.2. The Hall–Kier alpha value is -0.940. The molecule has 0 heterocycles. The number of benzene rings is 1. The van der Waals surface area contributed by atoms with Crippen molar-refractivity contribution in [2.75, 3.05) is 19.0 Å². The second-order valence-electron chi connectivity index (χ2n) is 2.70. The van der Waals surface area contributed by atoms with Crippen molar-refractivity contribution in [2.24, 2.45) is 0 Å². The van der Waals surface area contributed by atoms with Crippen LogP contribution in [-0.2, 0) is 0 Å². The fraction of sp³-hybridized carbons (Fsp3) is 0.200. The summed E-state index contributed by atoms with van der Waals surface area (Å²) in [4.78, 5) is 2.00. The Balaban J connectivity index is 3.24. The fourth-order valence-corrected chi connectivity index (χ4v) is 1.35. The van der Waals surface area contributed by atoms with Crippen LogP contribution >= 0.6 is 15.9 Å². The van der Waals surface area contributed by atoms with Crippen LogP contribution in [0.15, 0.2) is 22.7 Å². The largest absolute Gasteiger partial charge is 0.377 e. The maximum absolute atomic E-state index is 5.35. The molecule has 0 atom stereocenters. The van der Waals surface area contributed by atoms with E-state index in [2.05, 4.69) is 21.9 Å². The molecule has 62 valence electrons. The molecule has 0 saturated carbocycles. The molecule has 0 saturated heterocycles. The van der Waals surface area contributed by atoms with Crippen LogP contribution in [0.5, 0.6) is 0 Å². The molecule has 2 heteroatoms. The Morgan fingerprint density at radius 2 is 2.08 bits per heavy atom. The summed E-state index contributed by atoms with van der Waals surface area (Å²) >= 11 is 3.40. The number of terminal acetylenes is 1. The van der Waals surface area contributed by atoms with Crippen molar-refractivity contribution in [3.05, 3.63) is 28.2 Å². The molecule has 0 unspecified atom stereocenters. The Bertz CT molecular complexity index is 323. The predicted octanol–water partition coefficient (Wildman–Crippen LogP) is 2.50. The molecule has 0 spiro atoms. The molecule has 1 aromatic carbocycles. The van der Waals surface area contributed by atoms with E-state index in [1.807, 2.05) is 37.2 Å². The minimum Gasteiger partial charge on any atom is -0.377 e. The molecule has 12 heavy (non-hydrogen) atoms. The van der Waals surface area contributed by atoms with Crippen molar-refractivity contribution in [2.45, 2.75) is 0 Å². The first-order chi connectivity index (χ1) is 5.65. The SMILES string of the molecule is C#Cc1ccc(Br)cc1N(C)C. The third-order valence-electron chi connectivity index (χ3n) is 1.60. The summed E-state index contributed by atoms with van der Waals surface area (Å²) < 4.78 is 1.05. The zero-order valence-electron chi connectivity index (χ0n) is 7.13. The van der Waals surface area contributed by atoms with E-state index in [0.717, 1.165) is 15.7 Å². The van der Waals surface area contributed by atoms with E-state index >= 15 is 0 Å². The van der Waals surface area contributed by atoms with Crippen LogP contribution in [0, 0.1) is 12.3 Å². The Morgan fingerprint density at radius 1 is 1.42 bits per heavy atom. The second-order valence-corrected chi connectivity index (χ2v) is 3.62. The summed E-state index contributed by atoms with van der Waals surface area (Å²) in [6, 6.07) is 5.89. The Morgan fingerprint density at radius 3 is 2.58 bits per heavy atom. The van der Waals surface area contributed by atoms with Crippen LogP contribution in [0.1, 0.15) is 5.56 Å². The minimum absolute atomic E-state index is 0.920. The average molecular weight is 224 g/mol. The molecule has 0 aliphatic carbocycles. The van der Waals surface area contributed by atoms with Crippen LogP contribution < -0.4 is 4.90 Å². The highest BCUT2D eigenvalue weighted by Crippen LogP contribution is 2.22. The van der Waals surface area contributed by atoms with Crippen LogP contribution in [0.3, 0.4) is 0 Å². The topological polar surface area (TPSA) is 3.24 Å². The number of hydrogen-bond donors (Lipinski definition) is 0. The van der Waals surface area contributed by atoms with Gasteiger partial charge in [-0.1, -0.05) is 21.9 Å². The number of anilines is 1. The third-order valence-corrected chi connectivity index (χ3v) is 2.09. The van der Waals surface area contributed by atoms with E-state index in [9.17, 15) is 0 Å². The smallest absolute Gasteiger partial charge is 0.0531 e. The van der Waals surface area contributed by atoms with Gasteiger partial charge in [0, 0.05) is 24.1 Å².